The molecule has 58 heavy (non-hydrogen) atoms. The molecular formula is C54H38N4. The van der Waals surface area contributed by atoms with Gasteiger partial charge in [-0.05, 0) is 59.4 Å². The standard InChI is InChI=1S/C54H38N4/c1-35-25-30-41-45(33-35)42(54-56-47(38-17-7-3-8-18-38)34-48(57-54)39-28-26-37(27-29-39)36-15-5-2-6-16-36)31-32-50(41)58-49-24-14-12-22-44(49)51-43-21-11-13-23-46(43)55-52(53(51)58)40-19-9-4-10-20-40/h2-32,34-35H,33H2,1H3. The van der Waals surface area contributed by atoms with E-state index in [-0.39, 0.29) is 0 Å². The summed E-state index contributed by atoms with van der Waals surface area (Å²) in [4.78, 5) is 16.1. The summed E-state index contributed by atoms with van der Waals surface area (Å²) in [5.41, 5.74) is 16.2. The molecule has 1 atom stereocenters. The smallest absolute Gasteiger partial charge is 0.160 e. The van der Waals surface area contributed by atoms with Crippen LogP contribution in [0.25, 0.3) is 101 Å². The Labute approximate surface area is 337 Å². The number of hydrogen-bond acceptors (Lipinski definition) is 3. The maximum Gasteiger partial charge on any atom is 0.160 e. The van der Waals surface area contributed by atoms with Gasteiger partial charge in [0, 0.05) is 44.0 Å². The van der Waals surface area contributed by atoms with Gasteiger partial charge in [0.05, 0.1) is 39.3 Å². The van der Waals surface area contributed by atoms with Crippen molar-refractivity contribution in [1.29, 1.82) is 0 Å². The van der Waals surface area contributed by atoms with Crippen LogP contribution in [0, 0.1) is 5.92 Å². The first-order valence-electron chi connectivity index (χ1n) is 20.0. The number of para-hydroxylation sites is 2. The molecule has 0 spiro atoms. The van der Waals surface area contributed by atoms with Gasteiger partial charge in [-0.2, -0.15) is 0 Å². The summed E-state index contributed by atoms with van der Waals surface area (Å²) in [5.74, 6) is 1.08. The monoisotopic (exact) mass is 742 g/mol. The van der Waals surface area contributed by atoms with Crippen LogP contribution in [-0.2, 0) is 6.42 Å². The zero-order chi connectivity index (χ0) is 38.6. The molecule has 3 heterocycles. The zero-order valence-corrected chi connectivity index (χ0v) is 32.0. The summed E-state index contributed by atoms with van der Waals surface area (Å²) in [5, 5.41) is 3.58. The molecule has 0 fully saturated rings. The lowest BCUT2D eigenvalue weighted by Gasteiger charge is -2.24. The highest BCUT2D eigenvalue weighted by Gasteiger charge is 2.26. The SMILES string of the molecule is CC1C=Cc2c(-n3c4ccccc4c4c5ccccc5nc(-c5ccccc5)c43)ccc(-c3nc(-c4ccccc4)cc(-c4ccc(-c5ccccc5)cc4)n3)c2C1. The minimum Gasteiger partial charge on any atom is -0.306 e. The second kappa shape index (κ2) is 13.9. The van der Waals surface area contributed by atoms with Crippen molar-refractivity contribution in [3.8, 4) is 62.0 Å². The van der Waals surface area contributed by atoms with Crippen LogP contribution >= 0.6 is 0 Å². The van der Waals surface area contributed by atoms with E-state index in [9.17, 15) is 0 Å². The Balaban J connectivity index is 1.15. The van der Waals surface area contributed by atoms with Crippen molar-refractivity contribution >= 4 is 38.8 Å². The predicted octanol–water partition coefficient (Wildman–Crippen LogP) is 13.7. The Bertz CT molecular complexity index is 3180. The van der Waals surface area contributed by atoms with E-state index in [2.05, 4.69) is 200 Å². The van der Waals surface area contributed by atoms with E-state index in [0.29, 0.717) is 5.92 Å². The summed E-state index contributed by atoms with van der Waals surface area (Å²) in [6.45, 7) is 2.29. The zero-order valence-electron chi connectivity index (χ0n) is 32.0. The first kappa shape index (κ1) is 33.9. The lowest BCUT2D eigenvalue weighted by Crippen LogP contribution is -2.11. The topological polar surface area (TPSA) is 43.6 Å². The van der Waals surface area contributed by atoms with E-state index < -0.39 is 0 Å². The number of rotatable bonds is 6. The van der Waals surface area contributed by atoms with Gasteiger partial charge < -0.3 is 4.57 Å². The third-order valence-corrected chi connectivity index (χ3v) is 11.6. The molecule has 10 aromatic rings. The molecule has 4 nitrogen and oxygen atoms in total. The lowest BCUT2D eigenvalue weighted by molar-refractivity contribution is 0.717. The van der Waals surface area contributed by atoms with Gasteiger partial charge in [0.15, 0.2) is 5.82 Å². The molecule has 0 N–H and O–H groups in total. The van der Waals surface area contributed by atoms with Crippen molar-refractivity contribution in [2.45, 2.75) is 13.3 Å². The van der Waals surface area contributed by atoms with Crippen LogP contribution < -0.4 is 0 Å². The van der Waals surface area contributed by atoms with E-state index in [1.165, 1.54) is 33.0 Å². The molecular weight excluding hydrogens is 705 g/mol. The minimum absolute atomic E-state index is 0.354. The van der Waals surface area contributed by atoms with Crippen LogP contribution in [0.3, 0.4) is 0 Å². The summed E-state index contributed by atoms with van der Waals surface area (Å²) >= 11 is 0. The first-order valence-corrected chi connectivity index (χ1v) is 20.0. The van der Waals surface area contributed by atoms with Crippen molar-refractivity contribution in [3.05, 3.63) is 199 Å². The van der Waals surface area contributed by atoms with E-state index in [1.807, 2.05) is 6.07 Å². The molecule has 1 aliphatic rings. The largest absolute Gasteiger partial charge is 0.306 e. The molecule has 0 amide bonds. The van der Waals surface area contributed by atoms with Crippen LogP contribution in [0.1, 0.15) is 18.1 Å². The Hall–Kier alpha value is -7.43. The van der Waals surface area contributed by atoms with E-state index in [4.69, 9.17) is 15.0 Å². The third-order valence-electron chi connectivity index (χ3n) is 11.6. The van der Waals surface area contributed by atoms with Crippen molar-refractivity contribution < 1.29 is 0 Å². The fourth-order valence-electron chi connectivity index (χ4n) is 8.79. The van der Waals surface area contributed by atoms with Crippen molar-refractivity contribution in [2.75, 3.05) is 0 Å². The number of aromatic nitrogens is 4. The molecule has 7 aromatic carbocycles. The Morgan fingerprint density at radius 1 is 0.517 bits per heavy atom. The van der Waals surface area contributed by atoms with Gasteiger partial charge in [0.1, 0.15) is 0 Å². The molecule has 1 aliphatic carbocycles. The summed E-state index contributed by atoms with van der Waals surface area (Å²) in [6, 6.07) is 64.3. The molecule has 11 rings (SSSR count). The first-order chi connectivity index (χ1) is 28.7. The van der Waals surface area contributed by atoms with Crippen LogP contribution in [0.15, 0.2) is 188 Å². The second-order valence-corrected chi connectivity index (χ2v) is 15.3. The third kappa shape index (κ3) is 5.72. The lowest BCUT2D eigenvalue weighted by atomic mass is 9.86. The van der Waals surface area contributed by atoms with E-state index in [0.717, 1.165) is 79.2 Å². The number of pyridine rings is 1. The number of hydrogen-bond donors (Lipinski definition) is 0. The molecule has 3 aromatic heterocycles. The van der Waals surface area contributed by atoms with Gasteiger partial charge >= 0.3 is 0 Å². The summed E-state index contributed by atoms with van der Waals surface area (Å²) < 4.78 is 2.45. The van der Waals surface area contributed by atoms with Gasteiger partial charge in [-0.15, -0.1) is 0 Å². The fraction of sp³-hybridized carbons (Fsp3) is 0.0556. The van der Waals surface area contributed by atoms with Crippen LogP contribution in [0.2, 0.25) is 0 Å². The second-order valence-electron chi connectivity index (χ2n) is 15.3. The van der Waals surface area contributed by atoms with Crippen molar-refractivity contribution in [2.24, 2.45) is 5.92 Å². The molecule has 0 bridgehead atoms. The van der Waals surface area contributed by atoms with E-state index >= 15 is 0 Å². The average molecular weight is 743 g/mol. The van der Waals surface area contributed by atoms with Crippen molar-refractivity contribution in [1.82, 2.24) is 19.5 Å². The summed E-state index contributed by atoms with van der Waals surface area (Å²) in [7, 11) is 0. The number of benzene rings is 7. The predicted molar refractivity (Wildman–Crippen MR) is 241 cm³/mol. The van der Waals surface area contributed by atoms with Gasteiger partial charge in [-0.1, -0.05) is 171 Å². The van der Waals surface area contributed by atoms with Gasteiger partial charge in [0.2, 0.25) is 0 Å². The molecule has 0 saturated carbocycles. The fourth-order valence-corrected chi connectivity index (χ4v) is 8.79. The number of fused-ring (bicyclic) bond motifs is 6. The average Bonchev–Trinajstić information content (AvgIpc) is 3.64. The van der Waals surface area contributed by atoms with Gasteiger partial charge in [0.25, 0.3) is 0 Å². The number of allylic oxidation sites excluding steroid dienone is 1. The van der Waals surface area contributed by atoms with E-state index in [1.54, 1.807) is 0 Å². The maximum atomic E-state index is 5.39. The molecule has 0 saturated heterocycles. The quantitative estimate of drug-likeness (QED) is 0.170. The van der Waals surface area contributed by atoms with Gasteiger partial charge in [-0.3, -0.25) is 0 Å². The van der Waals surface area contributed by atoms with Crippen molar-refractivity contribution in [3.63, 3.8) is 0 Å². The van der Waals surface area contributed by atoms with Crippen LogP contribution in [-0.4, -0.2) is 19.5 Å². The Morgan fingerprint density at radius 2 is 1.09 bits per heavy atom. The van der Waals surface area contributed by atoms with Crippen LogP contribution in [0.4, 0.5) is 0 Å². The summed E-state index contributed by atoms with van der Waals surface area (Å²) in [6.07, 6.45) is 5.54. The minimum atomic E-state index is 0.354. The maximum absolute atomic E-state index is 5.39. The Morgan fingerprint density at radius 3 is 1.81 bits per heavy atom. The highest BCUT2D eigenvalue weighted by molar-refractivity contribution is 6.23. The highest BCUT2D eigenvalue weighted by atomic mass is 15.0. The molecule has 274 valence electrons. The molecule has 4 heteroatoms. The number of nitrogens with zero attached hydrogens (tertiary/aromatic N) is 4. The molecule has 0 aliphatic heterocycles. The highest BCUT2D eigenvalue weighted by Crippen LogP contribution is 2.44. The molecule has 1 unspecified atom stereocenters. The normalized spacial score (nSPS) is 13.6. The Kier molecular flexibility index (Phi) is 8.14. The van der Waals surface area contributed by atoms with Gasteiger partial charge in [-0.25, -0.2) is 15.0 Å². The molecule has 0 radical (unpaired) electrons. The van der Waals surface area contributed by atoms with Crippen LogP contribution in [0.5, 0.6) is 0 Å².